The molecule has 1 N–H and O–H groups in total. The third-order valence-electron chi connectivity index (χ3n) is 2.68. The SMILES string of the molecule is C[C@H]1C[C@@H](Oc2cnc(Br)nc2)CN1C(=O)O. The first-order chi connectivity index (χ1) is 8.06. The largest absolute Gasteiger partial charge is 0.485 e. The van der Waals surface area contributed by atoms with Gasteiger partial charge in [0.1, 0.15) is 6.10 Å². The quantitative estimate of drug-likeness (QED) is 0.842. The highest BCUT2D eigenvalue weighted by molar-refractivity contribution is 9.10. The van der Waals surface area contributed by atoms with Crippen LogP contribution in [0.1, 0.15) is 13.3 Å². The summed E-state index contributed by atoms with van der Waals surface area (Å²) in [5.41, 5.74) is 0. The molecule has 1 amide bonds. The summed E-state index contributed by atoms with van der Waals surface area (Å²) in [5, 5.41) is 8.94. The molecule has 7 heteroatoms. The number of rotatable bonds is 2. The summed E-state index contributed by atoms with van der Waals surface area (Å²) in [6, 6.07) is -0.0196. The Bertz CT molecular complexity index is 412. The lowest BCUT2D eigenvalue weighted by atomic mass is 10.2. The molecule has 17 heavy (non-hydrogen) atoms. The minimum atomic E-state index is -0.907. The second-order valence-corrected chi connectivity index (χ2v) is 4.66. The molecule has 0 unspecified atom stereocenters. The van der Waals surface area contributed by atoms with E-state index in [9.17, 15) is 4.79 Å². The van der Waals surface area contributed by atoms with E-state index in [0.29, 0.717) is 23.4 Å². The average Bonchev–Trinajstić information content (AvgIpc) is 2.63. The number of aromatic nitrogens is 2. The molecule has 2 rings (SSSR count). The zero-order chi connectivity index (χ0) is 12.4. The van der Waals surface area contributed by atoms with Crippen molar-refractivity contribution in [2.75, 3.05) is 6.54 Å². The van der Waals surface area contributed by atoms with Gasteiger partial charge in [-0.15, -0.1) is 0 Å². The number of carbonyl (C=O) groups is 1. The van der Waals surface area contributed by atoms with E-state index in [-0.39, 0.29) is 12.1 Å². The van der Waals surface area contributed by atoms with Gasteiger partial charge in [-0.05, 0) is 22.9 Å². The van der Waals surface area contributed by atoms with Gasteiger partial charge in [0, 0.05) is 12.5 Å². The molecule has 6 nitrogen and oxygen atoms in total. The number of carboxylic acid groups (broad SMARTS) is 1. The van der Waals surface area contributed by atoms with Crippen LogP contribution in [0.25, 0.3) is 0 Å². The van der Waals surface area contributed by atoms with Gasteiger partial charge in [-0.25, -0.2) is 14.8 Å². The summed E-state index contributed by atoms with van der Waals surface area (Å²) in [6.45, 7) is 2.25. The molecule has 2 heterocycles. The van der Waals surface area contributed by atoms with E-state index >= 15 is 0 Å². The van der Waals surface area contributed by atoms with Crippen molar-refractivity contribution in [2.45, 2.75) is 25.5 Å². The monoisotopic (exact) mass is 301 g/mol. The number of likely N-dealkylation sites (tertiary alicyclic amines) is 1. The van der Waals surface area contributed by atoms with Crippen LogP contribution in [0.3, 0.4) is 0 Å². The van der Waals surface area contributed by atoms with Crippen LogP contribution in [0.15, 0.2) is 17.1 Å². The van der Waals surface area contributed by atoms with Crippen LogP contribution in [0, 0.1) is 0 Å². The Labute approximate surface area is 107 Å². The molecule has 1 aliphatic heterocycles. The Hall–Kier alpha value is -1.37. The molecule has 0 spiro atoms. The van der Waals surface area contributed by atoms with Gasteiger partial charge in [0.15, 0.2) is 10.5 Å². The zero-order valence-electron chi connectivity index (χ0n) is 9.21. The lowest BCUT2D eigenvalue weighted by Gasteiger charge is -2.16. The number of hydrogen-bond donors (Lipinski definition) is 1. The van der Waals surface area contributed by atoms with E-state index in [1.807, 2.05) is 6.92 Å². The summed E-state index contributed by atoms with van der Waals surface area (Å²) in [7, 11) is 0. The predicted molar refractivity (Wildman–Crippen MR) is 63.0 cm³/mol. The summed E-state index contributed by atoms with van der Waals surface area (Å²) < 4.78 is 6.13. The van der Waals surface area contributed by atoms with Gasteiger partial charge < -0.3 is 14.7 Å². The fraction of sp³-hybridized carbons (Fsp3) is 0.500. The standard InChI is InChI=1S/C10H12BrN3O3/c1-6-2-7(5-14(6)10(15)16)17-8-3-12-9(11)13-4-8/h3-4,6-7H,2,5H2,1H3,(H,15,16)/t6-,7+/m0/s1. The van der Waals surface area contributed by atoms with Crippen LogP contribution >= 0.6 is 15.9 Å². The van der Waals surface area contributed by atoms with Crippen molar-refractivity contribution in [1.29, 1.82) is 0 Å². The van der Waals surface area contributed by atoms with Crippen molar-refractivity contribution in [1.82, 2.24) is 14.9 Å². The van der Waals surface area contributed by atoms with Crippen molar-refractivity contribution >= 4 is 22.0 Å². The molecule has 1 fully saturated rings. The van der Waals surface area contributed by atoms with Crippen LogP contribution in [-0.2, 0) is 0 Å². The molecule has 1 aliphatic rings. The highest BCUT2D eigenvalue weighted by Crippen LogP contribution is 2.22. The van der Waals surface area contributed by atoms with E-state index in [2.05, 4.69) is 25.9 Å². The zero-order valence-corrected chi connectivity index (χ0v) is 10.8. The van der Waals surface area contributed by atoms with E-state index in [0.717, 1.165) is 0 Å². The number of nitrogens with zero attached hydrogens (tertiary/aromatic N) is 3. The third kappa shape index (κ3) is 2.85. The molecule has 0 bridgehead atoms. The first-order valence-corrected chi connectivity index (χ1v) is 5.99. The fourth-order valence-electron chi connectivity index (χ4n) is 1.89. The molecule has 1 aromatic heterocycles. The van der Waals surface area contributed by atoms with Crippen molar-refractivity contribution in [2.24, 2.45) is 0 Å². The molecule has 2 atom stereocenters. The Kier molecular flexibility index (Phi) is 3.46. The van der Waals surface area contributed by atoms with Gasteiger partial charge in [-0.1, -0.05) is 0 Å². The molecule has 0 aliphatic carbocycles. The maximum absolute atomic E-state index is 10.9. The molecular weight excluding hydrogens is 290 g/mol. The van der Waals surface area contributed by atoms with Gasteiger partial charge >= 0.3 is 6.09 Å². The Balaban J connectivity index is 1.97. The van der Waals surface area contributed by atoms with Crippen molar-refractivity contribution in [3.8, 4) is 5.75 Å². The normalized spacial score (nSPS) is 23.8. The first kappa shape index (κ1) is 12.1. The topological polar surface area (TPSA) is 75.6 Å². The Morgan fingerprint density at radius 1 is 1.59 bits per heavy atom. The third-order valence-corrected chi connectivity index (χ3v) is 3.09. The highest BCUT2D eigenvalue weighted by Gasteiger charge is 2.33. The van der Waals surface area contributed by atoms with Gasteiger partial charge in [0.25, 0.3) is 0 Å². The molecule has 1 aromatic rings. The number of hydrogen-bond acceptors (Lipinski definition) is 4. The van der Waals surface area contributed by atoms with Crippen LogP contribution in [0.2, 0.25) is 0 Å². The summed E-state index contributed by atoms with van der Waals surface area (Å²) in [5.74, 6) is 0.553. The maximum atomic E-state index is 10.9. The average molecular weight is 302 g/mol. The second kappa shape index (κ2) is 4.87. The number of amides is 1. The lowest BCUT2D eigenvalue weighted by Crippen LogP contribution is -2.33. The van der Waals surface area contributed by atoms with Gasteiger partial charge in [-0.2, -0.15) is 0 Å². The molecular formula is C10H12BrN3O3. The van der Waals surface area contributed by atoms with E-state index in [1.54, 1.807) is 12.4 Å². The number of halogens is 1. The predicted octanol–water partition coefficient (Wildman–Crippen LogP) is 1.76. The lowest BCUT2D eigenvalue weighted by molar-refractivity contribution is 0.136. The van der Waals surface area contributed by atoms with Crippen molar-refractivity contribution in [3.05, 3.63) is 17.1 Å². The molecule has 0 aromatic carbocycles. The van der Waals surface area contributed by atoms with Crippen LogP contribution < -0.4 is 4.74 Å². The van der Waals surface area contributed by atoms with Crippen molar-refractivity contribution in [3.63, 3.8) is 0 Å². The minimum Gasteiger partial charge on any atom is -0.485 e. The summed E-state index contributed by atoms with van der Waals surface area (Å²) in [4.78, 5) is 20.2. The highest BCUT2D eigenvalue weighted by atomic mass is 79.9. The minimum absolute atomic E-state index is 0.0196. The van der Waals surface area contributed by atoms with Gasteiger partial charge in [0.2, 0.25) is 0 Å². The van der Waals surface area contributed by atoms with E-state index in [4.69, 9.17) is 9.84 Å². The maximum Gasteiger partial charge on any atom is 0.407 e. The van der Waals surface area contributed by atoms with Gasteiger partial charge in [0.05, 0.1) is 18.9 Å². The number of ether oxygens (including phenoxy) is 1. The van der Waals surface area contributed by atoms with Gasteiger partial charge in [-0.3, -0.25) is 0 Å². The molecule has 1 saturated heterocycles. The molecule has 0 saturated carbocycles. The second-order valence-electron chi connectivity index (χ2n) is 3.95. The Morgan fingerprint density at radius 3 is 2.76 bits per heavy atom. The smallest absolute Gasteiger partial charge is 0.407 e. The fourth-order valence-corrected chi connectivity index (χ4v) is 2.09. The van der Waals surface area contributed by atoms with Crippen LogP contribution in [0.4, 0.5) is 4.79 Å². The van der Waals surface area contributed by atoms with Crippen LogP contribution in [-0.4, -0.2) is 44.8 Å². The first-order valence-electron chi connectivity index (χ1n) is 5.20. The molecule has 92 valence electrons. The Morgan fingerprint density at radius 2 is 2.24 bits per heavy atom. The summed E-state index contributed by atoms with van der Waals surface area (Å²) in [6.07, 6.45) is 2.76. The van der Waals surface area contributed by atoms with Crippen LogP contribution in [0.5, 0.6) is 5.75 Å². The van der Waals surface area contributed by atoms with Crippen molar-refractivity contribution < 1.29 is 14.6 Å². The summed E-state index contributed by atoms with van der Waals surface area (Å²) >= 11 is 3.13. The van der Waals surface area contributed by atoms with E-state index in [1.165, 1.54) is 4.90 Å². The van der Waals surface area contributed by atoms with E-state index < -0.39 is 6.09 Å². The molecule has 0 radical (unpaired) electrons.